The smallest absolute Gasteiger partial charge is 0.193 e. The van der Waals surface area contributed by atoms with Crippen molar-refractivity contribution in [3.8, 4) is 0 Å². The van der Waals surface area contributed by atoms with Gasteiger partial charge in [0, 0.05) is 58.3 Å². The van der Waals surface area contributed by atoms with Gasteiger partial charge in [-0.05, 0) is 34.1 Å². The zero-order chi connectivity index (χ0) is 15.8. The van der Waals surface area contributed by atoms with Gasteiger partial charge in [0.25, 0.3) is 0 Å². The first kappa shape index (κ1) is 18.2. The molecule has 0 aromatic rings. The molecule has 1 N–H and O–H groups in total. The number of nitrogens with zero attached hydrogens (tertiary/aromatic N) is 3. The summed E-state index contributed by atoms with van der Waals surface area (Å²) in [5.41, 5.74) is 0. The molecule has 1 aliphatic rings. The van der Waals surface area contributed by atoms with Crippen LogP contribution in [0.5, 0.6) is 0 Å². The van der Waals surface area contributed by atoms with E-state index in [1.54, 1.807) is 7.11 Å². The maximum Gasteiger partial charge on any atom is 0.193 e. The summed E-state index contributed by atoms with van der Waals surface area (Å²) in [6.07, 6.45) is 1.19. The fourth-order valence-corrected chi connectivity index (χ4v) is 3.14. The van der Waals surface area contributed by atoms with Crippen molar-refractivity contribution < 1.29 is 4.74 Å². The number of likely N-dealkylation sites (tertiary alicyclic amines) is 1. The quantitative estimate of drug-likeness (QED) is 0.573. The lowest BCUT2D eigenvalue weighted by atomic mass is 10.1. The molecule has 0 aromatic carbocycles. The zero-order valence-electron chi connectivity index (χ0n) is 14.7. The van der Waals surface area contributed by atoms with Gasteiger partial charge in [-0.15, -0.1) is 0 Å². The molecule has 21 heavy (non-hydrogen) atoms. The Balaban J connectivity index is 2.39. The number of methoxy groups -OCH3 is 1. The van der Waals surface area contributed by atoms with Crippen molar-refractivity contribution in [2.75, 3.05) is 46.9 Å². The SMILES string of the molecule is CN=C(NCCN(C(C)C)C(C)C)N1CCC(COC)C1. The average Bonchev–Trinajstić information content (AvgIpc) is 2.87. The van der Waals surface area contributed by atoms with Crippen molar-refractivity contribution in [3.63, 3.8) is 0 Å². The van der Waals surface area contributed by atoms with Crippen LogP contribution in [0.1, 0.15) is 34.1 Å². The van der Waals surface area contributed by atoms with Crippen molar-refractivity contribution in [1.82, 2.24) is 15.1 Å². The molecule has 5 heteroatoms. The third-order valence-corrected chi connectivity index (χ3v) is 4.18. The van der Waals surface area contributed by atoms with E-state index in [2.05, 4.69) is 47.8 Å². The predicted molar refractivity (Wildman–Crippen MR) is 89.9 cm³/mol. The first-order valence-corrected chi connectivity index (χ1v) is 8.19. The number of hydrogen-bond acceptors (Lipinski definition) is 3. The fourth-order valence-electron chi connectivity index (χ4n) is 3.14. The Morgan fingerprint density at radius 2 is 2.00 bits per heavy atom. The summed E-state index contributed by atoms with van der Waals surface area (Å²) in [6, 6.07) is 1.15. The first-order chi connectivity index (χ1) is 9.99. The molecule has 1 aliphatic heterocycles. The van der Waals surface area contributed by atoms with Crippen LogP contribution in [0.25, 0.3) is 0 Å². The Labute approximate surface area is 130 Å². The summed E-state index contributed by atoms with van der Waals surface area (Å²) in [6.45, 7) is 14.0. The topological polar surface area (TPSA) is 40.1 Å². The second-order valence-corrected chi connectivity index (χ2v) is 6.46. The third kappa shape index (κ3) is 5.83. The molecule has 124 valence electrons. The lowest BCUT2D eigenvalue weighted by Crippen LogP contribution is -2.46. The van der Waals surface area contributed by atoms with Gasteiger partial charge in [-0.25, -0.2) is 0 Å². The van der Waals surface area contributed by atoms with E-state index in [4.69, 9.17) is 4.74 Å². The molecular weight excluding hydrogens is 264 g/mol. The van der Waals surface area contributed by atoms with Crippen LogP contribution in [-0.2, 0) is 4.74 Å². The number of nitrogens with one attached hydrogen (secondary N) is 1. The lowest BCUT2D eigenvalue weighted by Gasteiger charge is -2.31. The molecule has 1 atom stereocenters. The molecule has 0 bridgehead atoms. The van der Waals surface area contributed by atoms with Gasteiger partial charge >= 0.3 is 0 Å². The third-order valence-electron chi connectivity index (χ3n) is 4.18. The molecule has 0 radical (unpaired) electrons. The minimum absolute atomic E-state index is 0.576. The Kier molecular flexibility index (Phi) is 8.04. The highest BCUT2D eigenvalue weighted by atomic mass is 16.5. The first-order valence-electron chi connectivity index (χ1n) is 8.19. The van der Waals surface area contributed by atoms with Gasteiger partial charge in [-0.2, -0.15) is 0 Å². The highest BCUT2D eigenvalue weighted by Gasteiger charge is 2.24. The van der Waals surface area contributed by atoms with Gasteiger partial charge in [0.1, 0.15) is 0 Å². The largest absolute Gasteiger partial charge is 0.384 e. The highest BCUT2D eigenvalue weighted by molar-refractivity contribution is 5.80. The van der Waals surface area contributed by atoms with Crippen LogP contribution in [0.15, 0.2) is 4.99 Å². The number of guanidine groups is 1. The molecular formula is C16H34N4O. The van der Waals surface area contributed by atoms with Crippen LogP contribution in [-0.4, -0.2) is 74.8 Å². The lowest BCUT2D eigenvalue weighted by molar-refractivity contribution is 0.157. The van der Waals surface area contributed by atoms with Crippen LogP contribution in [0.2, 0.25) is 0 Å². The van der Waals surface area contributed by atoms with Crippen LogP contribution in [0, 0.1) is 5.92 Å². The van der Waals surface area contributed by atoms with E-state index in [-0.39, 0.29) is 0 Å². The fraction of sp³-hybridized carbons (Fsp3) is 0.938. The highest BCUT2D eigenvalue weighted by Crippen LogP contribution is 2.16. The zero-order valence-corrected chi connectivity index (χ0v) is 14.7. The van der Waals surface area contributed by atoms with Gasteiger partial charge in [0.2, 0.25) is 0 Å². The molecule has 1 saturated heterocycles. The normalized spacial score (nSPS) is 20.1. The van der Waals surface area contributed by atoms with Crippen molar-refractivity contribution in [1.29, 1.82) is 0 Å². The van der Waals surface area contributed by atoms with Crippen LogP contribution in [0.3, 0.4) is 0 Å². The van der Waals surface area contributed by atoms with E-state index >= 15 is 0 Å². The molecule has 0 saturated carbocycles. The number of ether oxygens (including phenoxy) is 1. The molecule has 0 aliphatic carbocycles. The van der Waals surface area contributed by atoms with E-state index in [0.717, 1.165) is 38.7 Å². The molecule has 1 unspecified atom stereocenters. The molecule has 1 heterocycles. The molecule has 1 rings (SSSR count). The summed E-state index contributed by atoms with van der Waals surface area (Å²) in [4.78, 5) is 9.27. The average molecular weight is 298 g/mol. The van der Waals surface area contributed by atoms with E-state index in [0.29, 0.717) is 18.0 Å². The Morgan fingerprint density at radius 1 is 1.33 bits per heavy atom. The van der Waals surface area contributed by atoms with Crippen LogP contribution in [0.4, 0.5) is 0 Å². The maximum atomic E-state index is 5.26. The molecule has 0 amide bonds. The van der Waals surface area contributed by atoms with Crippen LogP contribution < -0.4 is 5.32 Å². The number of hydrogen-bond donors (Lipinski definition) is 1. The van der Waals surface area contributed by atoms with Gasteiger partial charge < -0.3 is 15.0 Å². The van der Waals surface area contributed by atoms with Gasteiger partial charge in [-0.1, -0.05) is 0 Å². The van der Waals surface area contributed by atoms with E-state index in [1.165, 1.54) is 6.42 Å². The van der Waals surface area contributed by atoms with Crippen molar-refractivity contribution in [2.45, 2.75) is 46.2 Å². The Bertz CT molecular complexity index is 309. The second-order valence-electron chi connectivity index (χ2n) is 6.46. The Morgan fingerprint density at radius 3 is 2.52 bits per heavy atom. The molecule has 0 spiro atoms. The predicted octanol–water partition coefficient (Wildman–Crippen LogP) is 1.65. The van der Waals surface area contributed by atoms with Gasteiger partial charge in [0.15, 0.2) is 5.96 Å². The summed E-state index contributed by atoms with van der Waals surface area (Å²) < 4.78 is 5.26. The minimum Gasteiger partial charge on any atom is -0.384 e. The van der Waals surface area contributed by atoms with E-state index in [1.807, 2.05) is 7.05 Å². The number of aliphatic imine (C=N–C) groups is 1. The van der Waals surface area contributed by atoms with E-state index in [9.17, 15) is 0 Å². The second kappa shape index (κ2) is 9.26. The summed E-state index contributed by atoms with van der Waals surface area (Å²) in [5.74, 6) is 1.66. The van der Waals surface area contributed by atoms with Crippen molar-refractivity contribution in [3.05, 3.63) is 0 Å². The van der Waals surface area contributed by atoms with Crippen molar-refractivity contribution in [2.24, 2.45) is 10.9 Å². The monoisotopic (exact) mass is 298 g/mol. The summed E-state index contributed by atoms with van der Waals surface area (Å²) >= 11 is 0. The molecule has 1 fully saturated rings. The summed E-state index contributed by atoms with van der Waals surface area (Å²) in [5, 5.41) is 3.51. The Hall–Kier alpha value is -0.810. The van der Waals surface area contributed by atoms with Crippen molar-refractivity contribution >= 4 is 5.96 Å². The maximum absolute atomic E-state index is 5.26. The number of rotatable bonds is 7. The molecule has 0 aromatic heterocycles. The minimum atomic E-state index is 0.576. The molecule has 5 nitrogen and oxygen atoms in total. The van der Waals surface area contributed by atoms with Crippen LogP contribution >= 0.6 is 0 Å². The summed E-state index contributed by atoms with van der Waals surface area (Å²) in [7, 11) is 3.65. The van der Waals surface area contributed by atoms with E-state index < -0.39 is 0 Å². The van der Waals surface area contributed by atoms with Gasteiger partial charge in [0.05, 0.1) is 6.61 Å². The standard InChI is InChI=1S/C16H34N4O/c1-13(2)20(14(3)4)10-8-18-16(17-5)19-9-7-15(11-19)12-21-6/h13-15H,7-12H2,1-6H3,(H,17,18). The van der Waals surface area contributed by atoms with Gasteiger partial charge in [-0.3, -0.25) is 9.89 Å².